The Labute approximate surface area is 139 Å². The zero-order valence-corrected chi connectivity index (χ0v) is 13.4. The van der Waals surface area contributed by atoms with Gasteiger partial charge in [0.2, 0.25) is 0 Å². The Hall–Kier alpha value is -3.06. The molecule has 2 heterocycles. The van der Waals surface area contributed by atoms with Crippen molar-refractivity contribution in [2.45, 2.75) is 13.2 Å². The molecule has 0 aliphatic carbocycles. The molecular formula is C17H19N6O+. The summed E-state index contributed by atoms with van der Waals surface area (Å²) in [5.74, 6) is 0.452. The number of benzene rings is 1. The molecule has 2 aromatic heterocycles. The molecule has 24 heavy (non-hydrogen) atoms. The second-order valence-corrected chi connectivity index (χ2v) is 5.43. The predicted molar refractivity (Wildman–Crippen MR) is 89.9 cm³/mol. The van der Waals surface area contributed by atoms with Gasteiger partial charge in [0.25, 0.3) is 0 Å². The number of anilines is 1. The van der Waals surface area contributed by atoms with Crippen LogP contribution in [0.3, 0.4) is 0 Å². The molecule has 1 aromatic carbocycles. The topological polar surface area (TPSA) is 92.7 Å². The zero-order valence-electron chi connectivity index (χ0n) is 13.4. The lowest BCUT2D eigenvalue weighted by Gasteiger charge is -2.03. The van der Waals surface area contributed by atoms with Crippen LogP contribution in [0.4, 0.5) is 17.2 Å². The van der Waals surface area contributed by atoms with Crippen molar-refractivity contribution in [1.29, 1.82) is 0 Å². The highest BCUT2D eigenvalue weighted by Crippen LogP contribution is 2.26. The third-order valence-electron chi connectivity index (χ3n) is 3.67. The summed E-state index contributed by atoms with van der Waals surface area (Å²) in [6, 6.07) is 11.3. The predicted octanol–water partition coefficient (Wildman–Crippen LogP) is 2.25. The smallest absolute Gasteiger partial charge is 0.168 e. The van der Waals surface area contributed by atoms with Gasteiger partial charge in [-0.15, -0.1) is 10.2 Å². The molecule has 7 nitrogen and oxygen atoms in total. The highest BCUT2D eigenvalue weighted by atomic mass is 16.3. The van der Waals surface area contributed by atoms with E-state index in [-0.39, 0.29) is 6.61 Å². The van der Waals surface area contributed by atoms with Crippen LogP contribution in [0.5, 0.6) is 0 Å². The highest BCUT2D eigenvalue weighted by Gasteiger charge is 2.08. The quantitative estimate of drug-likeness (QED) is 0.557. The Morgan fingerprint density at radius 1 is 1.12 bits per heavy atom. The molecule has 7 heteroatoms. The van der Waals surface area contributed by atoms with E-state index in [1.165, 1.54) is 0 Å². The Morgan fingerprint density at radius 2 is 1.83 bits per heavy atom. The fraction of sp³-hybridized carbons (Fsp3) is 0.176. The Balaban J connectivity index is 1.79. The van der Waals surface area contributed by atoms with Crippen LogP contribution in [-0.2, 0) is 20.2 Å². The molecule has 0 unspecified atom stereocenters. The molecule has 0 aliphatic rings. The molecule has 0 atom stereocenters. The van der Waals surface area contributed by atoms with E-state index in [1.807, 2.05) is 48.3 Å². The lowest BCUT2D eigenvalue weighted by molar-refractivity contribution is -0.671. The SMILES string of the molecule is C[n+]1ccc(Cn2ncc(N=Nc3ccccc3CO)c2N)cc1. The Bertz CT molecular complexity index is 854. The van der Waals surface area contributed by atoms with Gasteiger partial charge in [0.05, 0.1) is 25.0 Å². The normalized spacial score (nSPS) is 11.2. The second kappa shape index (κ2) is 7.01. The molecule has 0 fully saturated rings. The monoisotopic (exact) mass is 323 g/mol. The van der Waals surface area contributed by atoms with Gasteiger partial charge in [0.1, 0.15) is 18.6 Å². The first-order chi connectivity index (χ1) is 11.7. The number of aliphatic hydroxyl groups excluding tert-OH is 1. The number of rotatable bonds is 5. The molecule has 0 radical (unpaired) electrons. The Morgan fingerprint density at radius 3 is 2.58 bits per heavy atom. The van der Waals surface area contributed by atoms with E-state index in [2.05, 4.69) is 15.3 Å². The van der Waals surface area contributed by atoms with Crippen molar-refractivity contribution in [3.8, 4) is 0 Å². The summed E-state index contributed by atoms with van der Waals surface area (Å²) in [6.07, 6.45) is 5.53. The molecule has 0 aliphatic heterocycles. The molecule has 3 aromatic rings. The first kappa shape index (κ1) is 15.8. The summed E-state index contributed by atoms with van der Waals surface area (Å²) in [5, 5.41) is 21.9. The maximum atomic E-state index is 9.31. The molecule has 0 saturated carbocycles. The van der Waals surface area contributed by atoms with Crippen molar-refractivity contribution in [2.75, 3.05) is 5.73 Å². The molecule has 122 valence electrons. The summed E-state index contributed by atoms with van der Waals surface area (Å²) in [5.41, 5.74) is 9.03. The van der Waals surface area contributed by atoms with E-state index >= 15 is 0 Å². The van der Waals surface area contributed by atoms with Crippen LogP contribution in [0.1, 0.15) is 11.1 Å². The van der Waals surface area contributed by atoms with Gasteiger partial charge in [0.15, 0.2) is 12.4 Å². The molecule has 0 bridgehead atoms. The van der Waals surface area contributed by atoms with E-state index in [9.17, 15) is 5.11 Å². The van der Waals surface area contributed by atoms with Crippen molar-refractivity contribution in [2.24, 2.45) is 17.3 Å². The van der Waals surface area contributed by atoms with Crippen LogP contribution in [0.15, 0.2) is 65.2 Å². The maximum absolute atomic E-state index is 9.31. The number of pyridine rings is 1. The number of nitrogens with zero attached hydrogens (tertiary/aromatic N) is 5. The number of aryl methyl sites for hydroxylation is 1. The third-order valence-corrected chi connectivity index (χ3v) is 3.67. The average molecular weight is 323 g/mol. The third kappa shape index (κ3) is 3.47. The minimum atomic E-state index is -0.0879. The van der Waals surface area contributed by atoms with Gasteiger partial charge in [-0.1, -0.05) is 18.2 Å². The molecule has 3 rings (SSSR count). The van der Waals surface area contributed by atoms with Crippen LogP contribution in [0.25, 0.3) is 0 Å². The minimum Gasteiger partial charge on any atom is -0.392 e. The fourth-order valence-corrected chi connectivity index (χ4v) is 2.25. The van der Waals surface area contributed by atoms with Gasteiger partial charge in [-0.3, -0.25) is 0 Å². The number of aliphatic hydroxyl groups is 1. The van der Waals surface area contributed by atoms with E-state index in [4.69, 9.17) is 5.73 Å². The summed E-state index contributed by atoms with van der Waals surface area (Å²) >= 11 is 0. The van der Waals surface area contributed by atoms with Gasteiger partial charge >= 0.3 is 0 Å². The first-order valence-corrected chi connectivity index (χ1v) is 7.53. The highest BCUT2D eigenvalue weighted by molar-refractivity contribution is 5.57. The van der Waals surface area contributed by atoms with E-state index in [1.54, 1.807) is 23.0 Å². The molecule has 3 N–H and O–H groups in total. The summed E-state index contributed by atoms with van der Waals surface area (Å²) in [7, 11) is 1.97. The van der Waals surface area contributed by atoms with Crippen molar-refractivity contribution in [3.63, 3.8) is 0 Å². The summed E-state index contributed by atoms with van der Waals surface area (Å²) < 4.78 is 3.65. The van der Waals surface area contributed by atoms with Crippen LogP contribution in [0, 0.1) is 0 Å². The first-order valence-electron chi connectivity index (χ1n) is 7.53. The van der Waals surface area contributed by atoms with E-state index in [0.29, 0.717) is 29.3 Å². The number of azo groups is 1. The second-order valence-electron chi connectivity index (χ2n) is 5.43. The van der Waals surface area contributed by atoms with E-state index in [0.717, 1.165) is 5.56 Å². The van der Waals surface area contributed by atoms with Gasteiger partial charge in [-0.05, 0) is 11.6 Å². The Kier molecular flexibility index (Phi) is 4.62. The molecule has 0 spiro atoms. The standard InChI is InChI=1S/C17H19N6O/c1-22-8-6-13(7-9-22)11-23-17(18)16(10-19-23)21-20-15-5-3-2-4-14(15)12-24/h2-10,24H,11-12,18H2,1H3/q+1. The zero-order chi connectivity index (χ0) is 16.9. The number of nitrogen functional groups attached to an aromatic ring is 1. The van der Waals surface area contributed by atoms with Gasteiger partial charge in [-0.2, -0.15) is 5.10 Å². The number of hydrogen-bond acceptors (Lipinski definition) is 5. The van der Waals surface area contributed by atoms with E-state index < -0.39 is 0 Å². The molecule has 0 amide bonds. The van der Waals surface area contributed by atoms with Gasteiger partial charge in [-0.25, -0.2) is 9.25 Å². The van der Waals surface area contributed by atoms with Gasteiger partial charge < -0.3 is 10.8 Å². The number of hydrogen-bond donors (Lipinski definition) is 2. The summed E-state index contributed by atoms with van der Waals surface area (Å²) in [6.45, 7) is 0.477. The van der Waals surface area contributed by atoms with Crippen molar-refractivity contribution >= 4 is 17.2 Å². The van der Waals surface area contributed by atoms with Crippen molar-refractivity contribution in [1.82, 2.24) is 9.78 Å². The largest absolute Gasteiger partial charge is 0.392 e. The minimum absolute atomic E-state index is 0.0879. The average Bonchev–Trinajstić information content (AvgIpc) is 2.95. The summed E-state index contributed by atoms with van der Waals surface area (Å²) in [4.78, 5) is 0. The maximum Gasteiger partial charge on any atom is 0.168 e. The lowest BCUT2D eigenvalue weighted by atomic mass is 10.2. The van der Waals surface area contributed by atoms with Crippen molar-refractivity contribution in [3.05, 3.63) is 66.1 Å². The van der Waals surface area contributed by atoms with Crippen LogP contribution in [0.2, 0.25) is 0 Å². The van der Waals surface area contributed by atoms with Gasteiger partial charge in [0, 0.05) is 17.7 Å². The number of aromatic nitrogens is 3. The van der Waals surface area contributed by atoms with Crippen molar-refractivity contribution < 1.29 is 9.67 Å². The number of nitrogens with two attached hydrogens (primary N) is 1. The fourth-order valence-electron chi connectivity index (χ4n) is 2.25. The van der Waals surface area contributed by atoms with Crippen LogP contribution < -0.4 is 10.3 Å². The van der Waals surface area contributed by atoms with Crippen LogP contribution >= 0.6 is 0 Å². The molecular weight excluding hydrogens is 304 g/mol. The van der Waals surface area contributed by atoms with Crippen LogP contribution in [-0.4, -0.2) is 14.9 Å². The molecule has 0 saturated heterocycles. The lowest BCUT2D eigenvalue weighted by Crippen LogP contribution is -2.26.